The number of rotatable bonds is 3. The maximum absolute atomic E-state index is 10.0. The minimum atomic E-state index is -1.33. The number of aliphatic hydroxyl groups is 1. The van der Waals surface area contributed by atoms with Crippen LogP contribution in [0.2, 0.25) is 0 Å². The summed E-state index contributed by atoms with van der Waals surface area (Å²) in [4.78, 5) is 12.5. The van der Waals surface area contributed by atoms with Crippen molar-refractivity contribution in [3.8, 4) is 10.8 Å². The molecule has 11 heavy (non-hydrogen) atoms. The van der Waals surface area contributed by atoms with Gasteiger partial charge in [0.15, 0.2) is 6.10 Å². The molecule has 0 saturated carbocycles. The lowest BCUT2D eigenvalue weighted by Crippen LogP contribution is -2.17. The Kier molecular flexibility index (Phi) is 5.53. The Morgan fingerprint density at radius 1 is 1.73 bits per heavy atom. The van der Waals surface area contributed by atoms with Crippen LogP contribution >= 0.6 is 15.9 Å². The van der Waals surface area contributed by atoms with E-state index in [1.54, 1.807) is 0 Å². The van der Waals surface area contributed by atoms with Crippen LogP contribution in [0.3, 0.4) is 0 Å². The number of hydrogen-bond acceptors (Lipinski definition) is 2. The second kappa shape index (κ2) is 5.96. The summed E-state index contributed by atoms with van der Waals surface area (Å²) in [6.45, 7) is 0. The summed E-state index contributed by atoms with van der Waals surface area (Å²) < 4.78 is 0. The van der Waals surface area contributed by atoms with Crippen LogP contribution in [0.15, 0.2) is 12.2 Å². The molecule has 0 bridgehead atoms. The molecule has 0 radical (unpaired) electrons. The number of hydrogen-bond donors (Lipinski definition) is 2. The van der Waals surface area contributed by atoms with Crippen LogP contribution in [-0.2, 0) is 4.79 Å². The van der Waals surface area contributed by atoms with Crippen molar-refractivity contribution >= 4 is 21.9 Å². The lowest BCUT2D eigenvalue weighted by molar-refractivity contribution is -0.146. The van der Waals surface area contributed by atoms with Crippen molar-refractivity contribution < 1.29 is 15.0 Å². The smallest absolute Gasteiger partial charge is 0.332 e. The maximum atomic E-state index is 10.0. The predicted molar refractivity (Wildman–Crippen MR) is 44.1 cm³/mol. The standard InChI is InChI=1S/C7H7BrO3/c8-5-3-1-2-4-6(9)7(10)11/h1-2,6,9H,4H2,(H,10,11)/b2-1+. The van der Waals surface area contributed by atoms with Gasteiger partial charge in [-0.3, -0.25) is 0 Å². The van der Waals surface area contributed by atoms with Crippen molar-refractivity contribution in [3.63, 3.8) is 0 Å². The van der Waals surface area contributed by atoms with E-state index in [1.165, 1.54) is 12.2 Å². The Hall–Kier alpha value is -0.790. The van der Waals surface area contributed by atoms with Crippen molar-refractivity contribution in [1.29, 1.82) is 0 Å². The minimum Gasteiger partial charge on any atom is -0.479 e. The molecule has 0 fully saturated rings. The average molecular weight is 219 g/mol. The summed E-state index contributed by atoms with van der Waals surface area (Å²) in [5.41, 5.74) is 0. The number of aliphatic hydroxyl groups excluding tert-OH is 1. The Bertz CT molecular complexity index is 211. The molecule has 0 spiro atoms. The molecule has 4 heteroatoms. The molecular weight excluding hydrogens is 212 g/mol. The second-order valence-electron chi connectivity index (χ2n) is 1.73. The van der Waals surface area contributed by atoms with Crippen LogP contribution in [0, 0.1) is 10.8 Å². The first-order chi connectivity index (χ1) is 5.18. The van der Waals surface area contributed by atoms with Gasteiger partial charge in [0.2, 0.25) is 0 Å². The highest BCUT2D eigenvalue weighted by atomic mass is 79.9. The van der Waals surface area contributed by atoms with E-state index in [9.17, 15) is 4.79 Å². The van der Waals surface area contributed by atoms with Gasteiger partial charge in [-0.2, -0.15) is 0 Å². The number of aliphatic carboxylic acids is 1. The SMILES string of the molecule is O=C(O)C(O)C/C=C/C#CBr. The molecule has 0 heterocycles. The van der Waals surface area contributed by atoms with E-state index >= 15 is 0 Å². The van der Waals surface area contributed by atoms with E-state index in [2.05, 4.69) is 26.7 Å². The van der Waals surface area contributed by atoms with Gasteiger partial charge in [-0.1, -0.05) is 12.0 Å². The number of allylic oxidation sites excluding steroid dienone is 1. The van der Waals surface area contributed by atoms with Crippen molar-refractivity contribution in [2.75, 3.05) is 0 Å². The fraction of sp³-hybridized carbons (Fsp3) is 0.286. The summed E-state index contributed by atoms with van der Waals surface area (Å²) in [6.07, 6.45) is 1.72. The average Bonchev–Trinajstić information content (AvgIpc) is 1.97. The molecule has 0 aliphatic heterocycles. The fourth-order valence-electron chi connectivity index (χ4n) is 0.388. The Morgan fingerprint density at radius 3 is 2.82 bits per heavy atom. The zero-order chi connectivity index (χ0) is 8.69. The molecule has 0 rings (SSSR count). The van der Waals surface area contributed by atoms with Gasteiger partial charge in [-0.05, 0) is 10.9 Å². The van der Waals surface area contributed by atoms with Crippen LogP contribution in [0.4, 0.5) is 0 Å². The fourth-order valence-corrected chi connectivity index (χ4v) is 0.520. The lowest BCUT2D eigenvalue weighted by atomic mass is 10.2. The summed E-state index contributed by atoms with van der Waals surface area (Å²) >= 11 is 2.85. The largest absolute Gasteiger partial charge is 0.479 e. The molecule has 0 aromatic rings. The highest BCUT2D eigenvalue weighted by molar-refractivity contribution is 9.12. The Morgan fingerprint density at radius 2 is 2.36 bits per heavy atom. The van der Waals surface area contributed by atoms with Gasteiger partial charge in [-0.25, -0.2) is 4.79 Å². The molecule has 1 unspecified atom stereocenters. The third-order valence-corrected chi connectivity index (χ3v) is 1.13. The maximum Gasteiger partial charge on any atom is 0.332 e. The quantitative estimate of drug-likeness (QED) is 0.688. The number of carboxylic acid groups (broad SMARTS) is 1. The van der Waals surface area contributed by atoms with Gasteiger partial charge in [-0.15, -0.1) is 0 Å². The van der Waals surface area contributed by atoms with Crippen LogP contribution in [0.5, 0.6) is 0 Å². The third-order valence-electron chi connectivity index (χ3n) is 0.900. The summed E-state index contributed by atoms with van der Waals surface area (Å²) in [5, 5.41) is 16.9. The second-order valence-corrected chi connectivity index (χ2v) is 2.13. The predicted octanol–water partition coefficient (Wildman–Crippen LogP) is 0.734. The highest BCUT2D eigenvalue weighted by Gasteiger charge is 2.09. The van der Waals surface area contributed by atoms with E-state index in [-0.39, 0.29) is 6.42 Å². The first-order valence-corrected chi connectivity index (χ1v) is 3.65. The van der Waals surface area contributed by atoms with Crippen molar-refractivity contribution in [2.45, 2.75) is 12.5 Å². The highest BCUT2D eigenvalue weighted by Crippen LogP contribution is 1.92. The van der Waals surface area contributed by atoms with E-state index in [0.717, 1.165) is 0 Å². The number of carbonyl (C=O) groups is 1. The first kappa shape index (κ1) is 10.2. The van der Waals surface area contributed by atoms with Crippen LogP contribution in [0.1, 0.15) is 6.42 Å². The van der Waals surface area contributed by atoms with Gasteiger partial charge in [0.25, 0.3) is 0 Å². The van der Waals surface area contributed by atoms with Crippen LogP contribution in [-0.4, -0.2) is 22.3 Å². The van der Waals surface area contributed by atoms with E-state index in [1.807, 2.05) is 0 Å². The Balaban J connectivity index is 3.67. The van der Waals surface area contributed by atoms with E-state index in [0.29, 0.717) is 0 Å². The number of carboxylic acids is 1. The van der Waals surface area contributed by atoms with E-state index < -0.39 is 12.1 Å². The first-order valence-electron chi connectivity index (χ1n) is 2.85. The molecule has 0 aromatic heterocycles. The van der Waals surface area contributed by atoms with Crippen LogP contribution in [0.25, 0.3) is 0 Å². The Labute approximate surface area is 72.9 Å². The topological polar surface area (TPSA) is 57.5 Å². The normalized spacial score (nSPS) is 12.2. The molecule has 3 nitrogen and oxygen atoms in total. The molecule has 0 aliphatic rings. The summed E-state index contributed by atoms with van der Waals surface area (Å²) in [6, 6.07) is 0. The molecular formula is C7H7BrO3. The molecule has 2 N–H and O–H groups in total. The van der Waals surface area contributed by atoms with Gasteiger partial charge in [0.1, 0.15) is 0 Å². The van der Waals surface area contributed by atoms with Crippen LogP contribution < -0.4 is 0 Å². The monoisotopic (exact) mass is 218 g/mol. The minimum absolute atomic E-state index is 0.0804. The number of halogens is 1. The van der Waals surface area contributed by atoms with Crippen molar-refractivity contribution in [2.24, 2.45) is 0 Å². The van der Waals surface area contributed by atoms with E-state index in [4.69, 9.17) is 10.2 Å². The van der Waals surface area contributed by atoms with Gasteiger partial charge in [0.05, 0.1) is 0 Å². The summed E-state index contributed by atoms with van der Waals surface area (Å²) in [5.74, 6) is 1.30. The van der Waals surface area contributed by atoms with Crippen molar-refractivity contribution in [1.82, 2.24) is 0 Å². The zero-order valence-corrected chi connectivity index (χ0v) is 7.21. The van der Waals surface area contributed by atoms with Gasteiger partial charge >= 0.3 is 5.97 Å². The third kappa shape index (κ3) is 5.64. The zero-order valence-electron chi connectivity index (χ0n) is 5.62. The van der Waals surface area contributed by atoms with Crippen molar-refractivity contribution in [3.05, 3.63) is 12.2 Å². The molecule has 0 aliphatic carbocycles. The molecule has 0 saturated heterocycles. The van der Waals surface area contributed by atoms with Gasteiger partial charge < -0.3 is 10.2 Å². The molecule has 0 aromatic carbocycles. The summed E-state index contributed by atoms with van der Waals surface area (Å²) in [7, 11) is 0. The molecule has 0 amide bonds. The van der Waals surface area contributed by atoms with Gasteiger partial charge in [0, 0.05) is 22.4 Å². The molecule has 1 atom stereocenters. The lowest BCUT2D eigenvalue weighted by Gasteiger charge is -1.97. The molecule has 60 valence electrons.